The molecule has 0 unspecified atom stereocenters. The summed E-state index contributed by atoms with van der Waals surface area (Å²) in [6.07, 6.45) is 0. The van der Waals surface area contributed by atoms with Crippen LogP contribution in [0.15, 0.2) is 28.7 Å². The summed E-state index contributed by atoms with van der Waals surface area (Å²) in [4.78, 5) is 4.14. The smallest absolute Gasteiger partial charge is 0.257 e. The van der Waals surface area contributed by atoms with Crippen molar-refractivity contribution >= 4 is 22.6 Å². The number of rotatable bonds is 1. The summed E-state index contributed by atoms with van der Waals surface area (Å²) in [7, 11) is 0. The van der Waals surface area contributed by atoms with E-state index in [9.17, 15) is 4.39 Å². The molecule has 0 spiro atoms. The summed E-state index contributed by atoms with van der Waals surface area (Å²) in [6, 6.07) is 6.17. The summed E-state index contributed by atoms with van der Waals surface area (Å²) < 4.78 is 18.7. The van der Waals surface area contributed by atoms with Crippen LogP contribution in [0.25, 0.3) is 11.3 Å². The van der Waals surface area contributed by atoms with Gasteiger partial charge < -0.3 is 4.42 Å². The standard InChI is InChI=1S/C10H7FINO/c1-6-9(14-10(12)13-6)7-2-4-8(11)5-3-7/h2-5H,1H3. The van der Waals surface area contributed by atoms with Crippen LogP contribution in [-0.2, 0) is 0 Å². The van der Waals surface area contributed by atoms with Crippen molar-refractivity contribution in [3.05, 3.63) is 39.7 Å². The first-order valence-electron chi connectivity index (χ1n) is 4.05. The van der Waals surface area contributed by atoms with Gasteiger partial charge >= 0.3 is 0 Å². The highest BCUT2D eigenvalue weighted by Crippen LogP contribution is 2.24. The molecule has 0 fully saturated rings. The number of benzene rings is 1. The fourth-order valence-electron chi connectivity index (χ4n) is 1.23. The third kappa shape index (κ3) is 1.79. The molecule has 72 valence electrons. The average molecular weight is 303 g/mol. The van der Waals surface area contributed by atoms with Gasteiger partial charge in [0.2, 0.25) is 0 Å². The summed E-state index contributed by atoms with van der Waals surface area (Å²) in [6.45, 7) is 1.87. The van der Waals surface area contributed by atoms with Gasteiger partial charge in [-0.15, -0.1) is 0 Å². The van der Waals surface area contributed by atoms with E-state index in [4.69, 9.17) is 4.42 Å². The second-order valence-corrected chi connectivity index (χ2v) is 3.81. The SMILES string of the molecule is Cc1nc(I)oc1-c1ccc(F)cc1. The largest absolute Gasteiger partial charge is 0.432 e. The molecule has 0 amide bonds. The van der Waals surface area contributed by atoms with E-state index in [1.807, 2.05) is 29.5 Å². The molecule has 0 radical (unpaired) electrons. The number of nitrogens with zero attached hydrogens (tertiary/aromatic N) is 1. The Kier molecular flexibility index (Phi) is 2.54. The summed E-state index contributed by atoms with van der Waals surface area (Å²) in [5.74, 6) is 0.454. The number of aromatic nitrogens is 1. The van der Waals surface area contributed by atoms with E-state index < -0.39 is 0 Å². The van der Waals surface area contributed by atoms with Gasteiger partial charge in [0.25, 0.3) is 3.90 Å². The Hall–Kier alpha value is -0.910. The third-order valence-electron chi connectivity index (χ3n) is 1.88. The van der Waals surface area contributed by atoms with Crippen LogP contribution in [-0.4, -0.2) is 4.98 Å². The second kappa shape index (κ2) is 3.68. The van der Waals surface area contributed by atoms with Crippen molar-refractivity contribution in [1.29, 1.82) is 0 Å². The number of halogens is 2. The Labute approximate surface area is 94.3 Å². The van der Waals surface area contributed by atoms with Gasteiger partial charge in [0.1, 0.15) is 5.82 Å². The van der Waals surface area contributed by atoms with Crippen molar-refractivity contribution in [2.45, 2.75) is 6.92 Å². The Bertz CT molecular complexity index is 450. The van der Waals surface area contributed by atoms with Crippen LogP contribution < -0.4 is 0 Å². The van der Waals surface area contributed by atoms with E-state index in [0.717, 1.165) is 11.3 Å². The topological polar surface area (TPSA) is 26.0 Å². The maximum absolute atomic E-state index is 12.7. The van der Waals surface area contributed by atoms with Crippen LogP contribution in [0.4, 0.5) is 4.39 Å². The molecule has 2 rings (SSSR count). The van der Waals surface area contributed by atoms with Crippen LogP contribution in [0, 0.1) is 16.6 Å². The number of oxazole rings is 1. The highest BCUT2D eigenvalue weighted by Gasteiger charge is 2.09. The van der Waals surface area contributed by atoms with Crippen molar-refractivity contribution in [2.75, 3.05) is 0 Å². The molecule has 0 atom stereocenters. The van der Waals surface area contributed by atoms with Gasteiger partial charge in [-0.3, -0.25) is 0 Å². The van der Waals surface area contributed by atoms with Crippen molar-refractivity contribution in [1.82, 2.24) is 4.98 Å². The second-order valence-electron chi connectivity index (χ2n) is 2.89. The maximum atomic E-state index is 12.7. The lowest BCUT2D eigenvalue weighted by Crippen LogP contribution is -1.79. The van der Waals surface area contributed by atoms with E-state index in [1.165, 1.54) is 12.1 Å². The van der Waals surface area contributed by atoms with Crippen LogP contribution in [0.2, 0.25) is 0 Å². The molecule has 4 heteroatoms. The van der Waals surface area contributed by atoms with E-state index in [2.05, 4.69) is 4.98 Å². The lowest BCUT2D eigenvalue weighted by atomic mass is 10.1. The lowest BCUT2D eigenvalue weighted by molar-refractivity contribution is 0.538. The first-order chi connectivity index (χ1) is 6.66. The molecule has 0 saturated heterocycles. The van der Waals surface area contributed by atoms with Crippen LogP contribution in [0.1, 0.15) is 5.69 Å². The highest BCUT2D eigenvalue weighted by atomic mass is 127. The Balaban J connectivity index is 2.49. The molecular formula is C10H7FINO. The van der Waals surface area contributed by atoms with E-state index in [0.29, 0.717) is 9.66 Å². The molecule has 0 saturated carbocycles. The Morgan fingerprint density at radius 3 is 2.43 bits per heavy atom. The van der Waals surface area contributed by atoms with Crippen molar-refractivity contribution in [3.8, 4) is 11.3 Å². The Morgan fingerprint density at radius 2 is 1.93 bits per heavy atom. The van der Waals surface area contributed by atoms with Crippen LogP contribution in [0.3, 0.4) is 0 Å². The average Bonchev–Trinajstić information content (AvgIpc) is 2.47. The molecule has 2 aromatic rings. The quantitative estimate of drug-likeness (QED) is 0.755. The zero-order valence-electron chi connectivity index (χ0n) is 7.42. The van der Waals surface area contributed by atoms with Gasteiger partial charge in [0.05, 0.1) is 5.69 Å². The number of aryl methyl sites for hydroxylation is 1. The zero-order valence-corrected chi connectivity index (χ0v) is 9.58. The molecule has 1 heterocycles. The first-order valence-corrected chi connectivity index (χ1v) is 5.13. The van der Waals surface area contributed by atoms with E-state index in [1.54, 1.807) is 12.1 Å². The molecule has 1 aromatic heterocycles. The predicted octanol–water partition coefficient (Wildman–Crippen LogP) is 3.39. The Morgan fingerprint density at radius 1 is 1.29 bits per heavy atom. The van der Waals surface area contributed by atoms with Gasteiger partial charge in [-0.25, -0.2) is 9.37 Å². The monoisotopic (exact) mass is 303 g/mol. The van der Waals surface area contributed by atoms with Crippen LogP contribution in [0.5, 0.6) is 0 Å². The minimum atomic E-state index is -0.249. The van der Waals surface area contributed by atoms with Crippen molar-refractivity contribution < 1.29 is 8.81 Å². The van der Waals surface area contributed by atoms with E-state index in [-0.39, 0.29) is 5.82 Å². The zero-order chi connectivity index (χ0) is 10.1. The van der Waals surface area contributed by atoms with Gasteiger partial charge in [0.15, 0.2) is 5.76 Å². The van der Waals surface area contributed by atoms with Gasteiger partial charge in [-0.2, -0.15) is 0 Å². The number of hydrogen-bond acceptors (Lipinski definition) is 2. The normalized spacial score (nSPS) is 10.5. The van der Waals surface area contributed by atoms with Gasteiger partial charge in [-0.1, -0.05) is 0 Å². The molecule has 2 nitrogen and oxygen atoms in total. The molecule has 0 aliphatic carbocycles. The molecule has 0 N–H and O–H groups in total. The summed E-state index contributed by atoms with van der Waals surface area (Å²) in [5.41, 5.74) is 1.67. The summed E-state index contributed by atoms with van der Waals surface area (Å²) >= 11 is 2.01. The van der Waals surface area contributed by atoms with Crippen LogP contribution >= 0.6 is 22.6 Å². The number of hydrogen-bond donors (Lipinski definition) is 0. The highest BCUT2D eigenvalue weighted by molar-refractivity contribution is 14.1. The van der Waals surface area contributed by atoms with Gasteiger partial charge in [0, 0.05) is 28.2 Å². The molecular weight excluding hydrogens is 296 g/mol. The third-order valence-corrected chi connectivity index (χ3v) is 2.34. The molecule has 0 aliphatic rings. The molecule has 14 heavy (non-hydrogen) atoms. The molecule has 0 aliphatic heterocycles. The van der Waals surface area contributed by atoms with Crippen molar-refractivity contribution in [3.63, 3.8) is 0 Å². The molecule has 0 bridgehead atoms. The summed E-state index contributed by atoms with van der Waals surface area (Å²) in [5, 5.41) is 0. The first kappa shape index (κ1) is 9.64. The minimum Gasteiger partial charge on any atom is -0.432 e. The lowest BCUT2D eigenvalue weighted by Gasteiger charge is -1.96. The maximum Gasteiger partial charge on any atom is 0.257 e. The minimum absolute atomic E-state index is 0.249. The van der Waals surface area contributed by atoms with Crippen molar-refractivity contribution in [2.24, 2.45) is 0 Å². The van der Waals surface area contributed by atoms with Gasteiger partial charge in [-0.05, 0) is 31.2 Å². The fourth-order valence-corrected chi connectivity index (χ4v) is 1.81. The molecule has 1 aromatic carbocycles. The van der Waals surface area contributed by atoms with E-state index >= 15 is 0 Å². The fraction of sp³-hybridized carbons (Fsp3) is 0.100. The predicted molar refractivity (Wildman–Crippen MR) is 59.4 cm³/mol.